The summed E-state index contributed by atoms with van der Waals surface area (Å²) in [5.74, 6) is -4.59. The van der Waals surface area contributed by atoms with Gasteiger partial charge in [-0.1, -0.05) is 32.4 Å². The summed E-state index contributed by atoms with van der Waals surface area (Å²) in [5, 5.41) is 10.2. The number of carbonyl (C=O) groups is 3. The third kappa shape index (κ3) is 7.49. The highest BCUT2D eigenvalue weighted by atomic mass is 35.5. The summed E-state index contributed by atoms with van der Waals surface area (Å²) in [6.45, 7) is 7.64. The average molecular weight is 741 g/mol. The summed E-state index contributed by atoms with van der Waals surface area (Å²) in [4.78, 5) is 44.5. The summed E-state index contributed by atoms with van der Waals surface area (Å²) in [7, 11) is -2.94. The van der Waals surface area contributed by atoms with Crippen LogP contribution >= 0.6 is 11.6 Å². The Labute approximate surface area is 289 Å². The smallest absolute Gasteiger partial charge is 0.413 e. The molecule has 1 amide bonds. The van der Waals surface area contributed by atoms with Gasteiger partial charge >= 0.3 is 12.1 Å². The van der Waals surface area contributed by atoms with E-state index < -0.39 is 91.3 Å². The van der Waals surface area contributed by atoms with Gasteiger partial charge in [-0.2, -0.15) is 17.9 Å². The van der Waals surface area contributed by atoms with Crippen LogP contribution in [0.5, 0.6) is 0 Å². The predicted molar refractivity (Wildman–Crippen MR) is 172 cm³/mol. The van der Waals surface area contributed by atoms with Crippen LogP contribution in [0.25, 0.3) is 11.3 Å². The first-order valence-electron chi connectivity index (χ1n) is 15.6. The molecule has 0 aliphatic carbocycles. The molecular weight excluding hydrogens is 707 g/mol. The van der Waals surface area contributed by atoms with Crippen molar-refractivity contribution >= 4 is 43.2 Å². The minimum absolute atomic E-state index is 0.0290. The van der Waals surface area contributed by atoms with Crippen LogP contribution in [-0.4, -0.2) is 87.0 Å². The Morgan fingerprint density at radius 2 is 1.82 bits per heavy atom. The number of rotatable bonds is 10. The largest absolute Gasteiger partial charge is 0.456 e. The quantitative estimate of drug-likeness (QED) is 0.106. The lowest BCUT2D eigenvalue weighted by Crippen LogP contribution is -2.49. The Bertz CT molecular complexity index is 1830. The topological polar surface area (TPSA) is 129 Å². The van der Waals surface area contributed by atoms with Crippen molar-refractivity contribution in [1.29, 1.82) is 0 Å². The van der Waals surface area contributed by atoms with E-state index in [1.54, 1.807) is 33.9 Å². The van der Waals surface area contributed by atoms with Gasteiger partial charge in [-0.05, 0) is 71.6 Å². The van der Waals surface area contributed by atoms with Crippen LogP contribution in [0.2, 0.25) is 23.2 Å². The third-order valence-electron chi connectivity index (χ3n) is 9.37. The molecule has 0 bridgehead atoms. The van der Waals surface area contributed by atoms with Crippen molar-refractivity contribution in [3.05, 3.63) is 70.3 Å². The zero-order valence-electron chi connectivity index (χ0n) is 27.7. The predicted octanol–water partition coefficient (Wildman–Crippen LogP) is 6.06. The molecule has 4 heterocycles. The van der Waals surface area contributed by atoms with Gasteiger partial charge in [0.1, 0.15) is 18.5 Å². The molecule has 1 saturated heterocycles. The fraction of sp³-hybridized carbons (Fsp3) is 0.469. The van der Waals surface area contributed by atoms with Crippen molar-refractivity contribution in [3.8, 4) is 5.69 Å². The number of fused-ring (bicyclic) bond motifs is 1. The van der Waals surface area contributed by atoms with Gasteiger partial charge in [0.05, 0.1) is 22.0 Å². The molecule has 11 nitrogen and oxygen atoms in total. The standard InChI is InChI=1S/C32H34ClF5N6O5Si/c1-31(2,3)50(4,5)49-25(32(36,37)38)14-21-28(34)19(10-11-39-21)24(45)15-48-30(47)23-8-6-18-12-17(13-26(46)44(18)23)27-22(43-16-40-41-42-43)9-7-20(33)29(27)35/h7,9-11,13,16,18,23,25H,6,8,12,14-15H2,1-5H3/t18?,23-,25?/m0/s1. The number of Topliss-reactive ketones (excluding diaryl/α,β-unsaturated/α-hetero) is 1. The summed E-state index contributed by atoms with van der Waals surface area (Å²) in [6.07, 6.45) is -4.04. The molecule has 3 aromatic rings. The molecule has 50 heavy (non-hydrogen) atoms. The van der Waals surface area contributed by atoms with E-state index in [9.17, 15) is 27.6 Å². The average Bonchev–Trinajstić information content (AvgIpc) is 3.71. The maximum atomic E-state index is 15.4. The molecule has 2 aromatic heterocycles. The molecule has 2 unspecified atom stereocenters. The number of ketones is 1. The number of halogens is 6. The van der Waals surface area contributed by atoms with Crippen LogP contribution in [0.3, 0.4) is 0 Å². The summed E-state index contributed by atoms with van der Waals surface area (Å²) >= 11 is 6.06. The van der Waals surface area contributed by atoms with Crippen LogP contribution in [0.15, 0.2) is 36.8 Å². The van der Waals surface area contributed by atoms with E-state index in [1.807, 2.05) is 0 Å². The second-order valence-corrected chi connectivity index (χ2v) is 18.8. The van der Waals surface area contributed by atoms with E-state index in [0.29, 0.717) is 12.0 Å². The van der Waals surface area contributed by atoms with Crippen molar-refractivity contribution in [2.45, 2.75) is 89.0 Å². The van der Waals surface area contributed by atoms with E-state index in [0.717, 1.165) is 12.3 Å². The molecule has 3 atom stereocenters. The zero-order valence-corrected chi connectivity index (χ0v) is 29.5. The first kappa shape index (κ1) is 37.2. The second-order valence-electron chi connectivity index (χ2n) is 13.6. The van der Waals surface area contributed by atoms with Crippen LogP contribution in [0, 0.1) is 11.6 Å². The molecule has 1 fully saturated rings. The number of tetrazole rings is 1. The van der Waals surface area contributed by atoms with E-state index in [4.69, 9.17) is 20.8 Å². The van der Waals surface area contributed by atoms with Gasteiger partial charge < -0.3 is 14.1 Å². The van der Waals surface area contributed by atoms with Crippen molar-refractivity contribution in [3.63, 3.8) is 0 Å². The fourth-order valence-electron chi connectivity index (χ4n) is 5.75. The second kappa shape index (κ2) is 13.9. The molecule has 0 saturated carbocycles. The lowest BCUT2D eigenvalue weighted by molar-refractivity contribution is -0.198. The lowest BCUT2D eigenvalue weighted by atomic mass is 9.92. The van der Waals surface area contributed by atoms with Gasteiger partial charge in [-0.25, -0.2) is 13.6 Å². The summed E-state index contributed by atoms with van der Waals surface area (Å²) < 4.78 is 84.8. The molecule has 18 heteroatoms. The Morgan fingerprint density at radius 3 is 2.46 bits per heavy atom. The van der Waals surface area contributed by atoms with E-state index >= 15 is 8.78 Å². The Kier molecular flexibility index (Phi) is 10.3. The minimum Gasteiger partial charge on any atom is -0.456 e. The Morgan fingerprint density at radius 1 is 1.10 bits per heavy atom. The van der Waals surface area contributed by atoms with Gasteiger partial charge in [-0.15, -0.1) is 5.10 Å². The van der Waals surface area contributed by atoms with Crippen LogP contribution < -0.4 is 0 Å². The number of amides is 1. The van der Waals surface area contributed by atoms with Crippen molar-refractivity contribution in [2.24, 2.45) is 0 Å². The first-order valence-corrected chi connectivity index (χ1v) is 18.9. The number of aromatic nitrogens is 5. The monoisotopic (exact) mass is 740 g/mol. The van der Waals surface area contributed by atoms with Gasteiger partial charge in [0.25, 0.3) is 0 Å². The van der Waals surface area contributed by atoms with E-state index in [2.05, 4.69) is 20.5 Å². The number of alkyl halides is 3. The number of nitrogens with zero attached hydrogens (tertiary/aromatic N) is 6. The highest BCUT2D eigenvalue weighted by Gasteiger charge is 2.49. The Hall–Kier alpha value is -4.09. The van der Waals surface area contributed by atoms with Crippen molar-refractivity contribution < 1.29 is 45.5 Å². The molecule has 5 rings (SSSR count). The summed E-state index contributed by atoms with van der Waals surface area (Å²) in [6, 6.07) is 2.22. The molecule has 0 N–H and O–H groups in total. The minimum atomic E-state index is -4.83. The van der Waals surface area contributed by atoms with E-state index in [-0.39, 0.29) is 29.1 Å². The Balaban J connectivity index is 1.28. The first-order chi connectivity index (χ1) is 23.3. The number of esters is 1. The van der Waals surface area contributed by atoms with Crippen LogP contribution in [0.1, 0.15) is 61.6 Å². The summed E-state index contributed by atoms with van der Waals surface area (Å²) in [5.41, 5.74) is -0.634. The molecule has 2 aliphatic rings. The number of carbonyl (C=O) groups excluding carboxylic acids is 3. The zero-order chi connectivity index (χ0) is 36.8. The lowest BCUT2D eigenvalue weighted by Gasteiger charge is -2.39. The maximum absolute atomic E-state index is 15.4. The van der Waals surface area contributed by atoms with Crippen LogP contribution in [0.4, 0.5) is 22.0 Å². The number of pyridine rings is 1. The van der Waals surface area contributed by atoms with Crippen LogP contribution in [-0.2, 0) is 25.2 Å². The molecule has 268 valence electrons. The fourth-order valence-corrected chi connectivity index (χ4v) is 7.19. The number of ether oxygens (including phenoxy) is 1. The van der Waals surface area contributed by atoms with Gasteiger partial charge in [0, 0.05) is 30.3 Å². The normalized spacial score (nSPS) is 18.9. The van der Waals surface area contributed by atoms with Crippen molar-refractivity contribution in [1.82, 2.24) is 30.1 Å². The highest BCUT2D eigenvalue weighted by molar-refractivity contribution is 6.74. The molecular formula is C32H34ClF5N6O5Si. The molecule has 0 spiro atoms. The SMILES string of the molecule is CC(C)(C)[Si](C)(C)OC(Cc1nccc(C(=O)COC(=O)[C@@H]2CCC3CC(c4c(-n5cnnn5)ccc(Cl)c4F)=CC(=O)N32)c1F)C(F)(F)F. The molecule has 0 radical (unpaired) electrons. The molecule has 2 aliphatic heterocycles. The number of hydrogen-bond acceptors (Lipinski definition) is 9. The van der Waals surface area contributed by atoms with Gasteiger partial charge in [-0.3, -0.25) is 14.6 Å². The van der Waals surface area contributed by atoms with E-state index in [1.165, 1.54) is 34.1 Å². The van der Waals surface area contributed by atoms with Gasteiger partial charge in [0.15, 0.2) is 26.6 Å². The van der Waals surface area contributed by atoms with Crippen molar-refractivity contribution in [2.75, 3.05) is 6.61 Å². The third-order valence-corrected chi connectivity index (χ3v) is 14.1. The molecule has 1 aromatic carbocycles. The highest BCUT2D eigenvalue weighted by Crippen LogP contribution is 2.41. The number of benzene rings is 1. The van der Waals surface area contributed by atoms with Gasteiger partial charge in [0.2, 0.25) is 11.7 Å². The number of hydrogen-bond donors (Lipinski definition) is 0. The maximum Gasteiger partial charge on any atom is 0.413 e.